The van der Waals surface area contributed by atoms with E-state index in [0.717, 1.165) is 16.0 Å². The van der Waals surface area contributed by atoms with Crippen molar-refractivity contribution in [1.82, 2.24) is 5.32 Å². The summed E-state index contributed by atoms with van der Waals surface area (Å²) >= 11 is 0. The molecule has 8 nitrogen and oxygen atoms in total. The molecule has 1 heterocycles. The van der Waals surface area contributed by atoms with Gasteiger partial charge in [-0.1, -0.05) is 41.5 Å². The summed E-state index contributed by atoms with van der Waals surface area (Å²) in [4.78, 5) is 51.3. The number of hydrogen-bond acceptors (Lipinski definition) is 6. The summed E-state index contributed by atoms with van der Waals surface area (Å²) in [5.74, 6) is -1.70. The van der Waals surface area contributed by atoms with Crippen LogP contribution in [0.15, 0.2) is 72.3 Å². The Balaban J connectivity index is 1.62. The standard InChI is InChI=1S/C27H22N2O6/c1-16-7-10-20(11-8-16)29-25(31)21(24(30)28-27(29)33)14-18-9-12-22(23(15-18)34-3)35-26(32)19-6-4-5-17(2)13-19/h4-15H,1-3H3,(H,28,30,33)/b21-14+. The molecule has 3 aromatic carbocycles. The molecule has 0 aliphatic carbocycles. The fourth-order valence-electron chi connectivity index (χ4n) is 3.54. The van der Waals surface area contributed by atoms with Gasteiger partial charge in [0, 0.05) is 0 Å². The van der Waals surface area contributed by atoms with E-state index in [1.165, 1.54) is 25.3 Å². The van der Waals surface area contributed by atoms with Crippen LogP contribution in [0.3, 0.4) is 0 Å². The second-order valence-electron chi connectivity index (χ2n) is 7.96. The van der Waals surface area contributed by atoms with Crippen LogP contribution in [0.4, 0.5) is 10.5 Å². The first kappa shape index (κ1) is 23.4. The summed E-state index contributed by atoms with van der Waals surface area (Å²) in [6.07, 6.45) is 1.35. The molecule has 176 valence electrons. The van der Waals surface area contributed by atoms with Crippen LogP contribution in [0.5, 0.6) is 11.5 Å². The van der Waals surface area contributed by atoms with Gasteiger partial charge in [-0.05, 0) is 61.9 Å². The molecule has 3 aromatic rings. The maximum Gasteiger partial charge on any atom is 0.343 e. The van der Waals surface area contributed by atoms with E-state index in [1.54, 1.807) is 48.5 Å². The Morgan fingerprint density at radius 2 is 1.63 bits per heavy atom. The van der Waals surface area contributed by atoms with Crippen LogP contribution in [0.2, 0.25) is 0 Å². The molecule has 1 N–H and O–H groups in total. The van der Waals surface area contributed by atoms with Crippen LogP contribution in [-0.4, -0.2) is 30.9 Å². The number of imide groups is 2. The highest BCUT2D eigenvalue weighted by Gasteiger charge is 2.36. The van der Waals surface area contributed by atoms with Crippen LogP contribution in [0.25, 0.3) is 6.08 Å². The molecule has 1 aliphatic heterocycles. The van der Waals surface area contributed by atoms with Gasteiger partial charge in [-0.15, -0.1) is 0 Å². The first-order valence-electron chi connectivity index (χ1n) is 10.7. The van der Waals surface area contributed by atoms with Gasteiger partial charge in [-0.3, -0.25) is 14.9 Å². The van der Waals surface area contributed by atoms with E-state index in [9.17, 15) is 19.2 Å². The average Bonchev–Trinajstić information content (AvgIpc) is 2.83. The van der Waals surface area contributed by atoms with E-state index in [2.05, 4.69) is 5.32 Å². The fraction of sp³-hybridized carbons (Fsp3) is 0.111. The Labute approximate surface area is 201 Å². The number of benzene rings is 3. The molecule has 0 unspecified atom stereocenters. The third-order valence-corrected chi connectivity index (χ3v) is 5.35. The molecule has 4 rings (SSSR count). The van der Waals surface area contributed by atoms with Gasteiger partial charge in [0.15, 0.2) is 11.5 Å². The van der Waals surface area contributed by atoms with Crippen LogP contribution in [0.1, 0.15) is 27.0 Å². The Morgan fingerprint density at radius 1 is 0.886 bits per heavy atom. The Hall–Kier alpha value is -4.72. The number of aryl methyl sites for hydroxylation is 2. The van der Waals surface area contributed by atoms with Gasteiger partial charge < -0.3 is 9.47 Å². The zero-order chi connectivity index (χ0) is 25.1. The zero-order valence-corrected chi connectivity index (χ0v) is 19.3. The molecule has 0 bridgehead atoms. The van der Waals surface area contributed by atoms with Gasteiger partial charge in [-0.2, -0.15) is 0 Å². The molecule has 0 radical (unpaired) electrons. The van der Waals surface area contributed by atoms with Gasteiger partial charge in [0.05, 0.1) is 18.4 Å². The number of barbiturate groups is 1. The number of urea groups is 1. The lowest BCUT2D eigenvalue weighted by molar-refractivity contribution is -0.122. The number of rotatable bonds is 5. The van der Waals surface area contributed by atoms with Crippen molar-refractivity contribution in [2.45, 2.75) is 13.8 Å². The number of ether oxygens (including phenoxy) is 2. The number of esters is 1. The molecule has 0 spiro atoms. The minimum Gasteiger partial charge on any atom is -0.493 e. The molecule has 0 saturated carbocycles. The maximum absolute atomic E-state index is 13.1. The van der Waals surface area contributed by atoms with Gasteiger partial charge in [0.25, 0.3) is 11.8 Å². The Morgan fingerprint density at radius 3 is 2.31 bits per heavy atom. The normalized spacial score (nSPS) is 14.7. The number of amides is 4. The molecule has 35 heavy (non-hydrogen) atoms. The first-order chi connectivity index (χ1) is 16.8. The fourth-order valence-corrected chi connectivity index (χ4v) is 3.54. The van der Waals surface area contributed by atoms with Crippen molar-refractivity contribution in [2.75, 3.05) is 12.0 Å². The van der Waals surface area contributed by atoms with Gasteiger partial charge >= 0.3 is 12.0 Å². The summed E-state index contributed by atoms with van der Waals surface area (Å²) in [6, 6.07) is 17.5. The van der Waals surface area contributed by atoms with Crippen molar-refractivity contribution in [3.05, 3.63) is 94.6 Å². The Kier molecular flexibility index (Phi) is 6.46. The van der Waals surface area contributed by atoms with Crippen LogP contribution >= 0.6 is 0 Å². The minimum atomic E-state index is -0.822. The summed E-state index contributed by atoms with van der Waals surface area (Å²) in [5.41, 5.74) is 2.82. The highest BCUT2D eigenvalue weighted by atomic mass is 16.6. The zero-order valence-electron chi connectivity index (χ0n) is 19.3. The van der Waals surface area contributed by atoms with Crippen molar-refractivity contribution in [2.24, 2.45) is 0 Å². The predicted molar refractivity (Wildman–Crippen MR) is 129 cm³/mol. The number of hydrogen-bond donors (Lipinski definition) is 1. The van der Waals surface area contributed by atoms with E-state index in [1.807, 2.05) is 19.9 Å². The first-order valence-corrected chi connectivity index (χ1v) is 10.7. The quantitative estimate of drug-likeness (QED) is 0.260. The number of nitrogens with one attached hydrogen (secondary N) is 1. The molecular weight excluding hydrogens is 448 g/mol. The summed E-state index contributed by atoms with van der Waals surface area (Å²) < 4.78 is 10.8. The summed E-state index contributed by atoms with van der Waals surface area (Å²) in [5, 5.41) is 2.19. The minimum absolute atomic E-state index is 0.178. The molecule has 1 aliphatic rings. The van der Waals surface area contributed by atoms with E-state index in [0.29, 0.717) is 16.8 Å². The van der Waals surface area contributed by atoms with Crippen molar-refractivity contribution in [3.8, 4) is 11.5 Å². The van der Waals surface area contributed by atoms with Crippen LogP contribution in [-0.2, 0) is 9.59 Å². The summed E-state index contributed by atoms with van der Waals surface area (Å²) in [7, 11) is 1.41. The molecule has 4 amide bonds. The van der Waals surface area contributed by atoms with E-state index in [4.69, 9.17) is 9.47 Å². The maximum atomic E-state index is 13.1. The van der Waals surface area contributed by atoms with Crippen molar-refractivity contribution in [3.63, 3.8) is 0 Å². The average molecular weight is 470 g/mol. The van der Waals surface area contributed by atoms with E-state index < -0.39 is 23.8 Å². The van der Waals surface area contributed by atoms with Crippen molar-refractivity contribution < 1.29 is 28.7 Å². The highest BCUT2D eigenvalue weighted by Crippen LogP contribution is 2.30. The second-order valence-corrected chi connectivity index (χ2v) is 7.96. The molecule has 8 heteroatoms. The third-order valence-electron chi connectivity index (χ3n) is 5.35. The highest BCUT2D eigenvalue weighted by molar-refractivity contribution is 6.39. The molecule has 1 saturated heterocycles. The lowest BCUT2D eigenvalue weighted by atomic mass is 10.1. The molecule has 0 aromatic heterocycles. The smallest absolute Gasteiger partial charge is 0.343 e. The van der Waals surface area contributed by atoms with Crippen molar-refractivity contribution in [1.29, 1.82) is 0 Å². The number of carbonyl (C=O) groups excluding carboxylic acids is 4. The summed E-state index contributed by atoms with van der Waals surface area (Å²) in [6.45, 7) is 3.75. The van der Waals surface area contributed by atoms with E-state index in [-0.39, 0.29) is 17.1 Å². The van der Waals surface area contributed by atoms with Crippen LogP contribution in [0, 0.1) is 13.8 Å². The van der Waals surface area contributed by atoms with Gasteiger partial charge in [0.2, 0.25) is 0 Å². The number of nitrogens with zero attached hydrogens (tertiary/aromatic N) is 1. The predicted octanol–water partition coefficient (Wildman–Crippen LogP) is 4.20. The topological polar surface area (TPSA) is 102 Å². The molecular formula is C27H22N2O6. The second kappa shape index (κ2) is 9.64. The number of anilines is 1. The van der Waals surface area contributed by atoms with Gasteiger partial charge in [-0.25, -0.2) is 14.5 Å². The van der Waals surface area contributed by atoms with Crippen molar-refractivity contribution >= 4 is 35.6 Å². The number of carbonyl (C=O) groups is 4. The lowest BCUT2D eigenvalue weighted by Crippen LogP contribution is -2.54. The Bertz CT molecular complexity index is 1370. The largest absolute Gasteiger partial charge is 0.493 e. The lowest BCUT2D eigenvalue weighted by Gasteiger charge is -2.26. The SMILES string of the molecule is COc1cc(/C=C2\C(=O)NC(=O)N(c3ccc(C)cc3)C2=O)ccc1OC(=O)c1cccc(C)c1. The van der Waals surface area contributed by atoms with E-state index >= 15 is 0 Å². The monoisotopic (exact) mass is 470 g/mol. The molecule has 1 fully saturated rings. The molecule has 0 atom stereocenters. The van der Waals surface area contributed by atoms with Gasteiger partial charge in [0.1, 0.15) is 5.57 Å². The third kappa shape index (κ3) is 4.96. The van der Waals surface area contributed by atoms with Crippen LogP contribution < -0.4 is 19.7 Å². The number of methoxy groups -OCH3 is 1.